The average Bonchev–Trinajstić information content (AvgIpc) is 4.07. The Kier molecular flexibility index (Phi) is 10.4. The second kappa shape index (κ2) is 16.1. The van der Waals surface area contributed by atoms with Gasteiger partial charge in [0, 0.05) is 34.3 Å². The Hall–Kier alpha value is -7.96. The van der Waals surface area contributed by atoms with Gasteiger partial charge in [0.05, 0.1) is 55.5 Å². The highest BCUT2D eigenvalue weighted by Crippen LogP contribution is 2.36. The number of carbonyl (C=O) groups excluding carboxylic acids is 2. The van der Waals surface area contributed by atoms with Crippen LogP contribution in [0.3, 0.4) is 0 Å². The molecule has 0 atom stereocenters. The summed E-state index contributed by atoms with van der Waals surface area (Å²) in [7, 11) is -7.90. The summed E-state index contributed by atoms with van der Waals surface area (Å²) in [5, 5.41) is 1.16. The molecule has 10 aromatic rings. The van der Waals surface area contributed by atoms with E-state index in [-0.39, 0.29) is 33.9 Å². The van der Waals surface area contributed by atoms with Crippen LogP contribution in [0.25, 0.3) is 66.1 Å². The standard InChI is InChI=1S/2C23H17FN4O3S/c24-16-7-8-18-19(15-6-9-21-20(10-15)26-14-27(21)13-23(25)29)12-28(22(18)11-16)32(30,31)17-4-2-1-3-5-17;24-16-7-8-18-19(15-6-9-20-22(10-15)27(14-26-20)13-23(25)29)12-28(21(18)11-16)32(30,31)17-4-2-1-3-5-17/h2*1-12,14H,13H2,(H2,25,29). The maximum atomic E-state index is 14.1. The molecule has 0 unspecified atom stereocenters. The molecule has 0 aliphatic carbocycles. The molecule has 64 heavy (non-hydrogen) atoms. The summed E-state index contributed by atoms with van der Waals surface area (Å²) in [6.07, 6.45) is 6.03. The molecule has 0 spiro atoms. The molecule has 320 valence electrons. The number of hydrogen-bond acceptors (Lipinski definition) is 8. The van der Waals surface area contributed by atoms with E-state index in [2.05, 4.69) is 9.97 Å². The molecule has 18 heteroatoms. The van der Waals surface area contributed by atoms with Crippen molar-refractivity contribution in [2.45, 2.75) is 22.9 Å². The molecule has 10 rings (SSSR count). The van der Waals surface area contributed by atoms with E-state index in [1.807, 2.05) is 12.1 Å². The quantitative estimate of drug-likeness (QED) is 0.146. The highest BCUT2D eigenvalue weighted by molar-refractivity contribution is 7.90. The van der Waals surface area contributed by atoms with E-state index < -0.39 is 43.5 Å². The van der Waals surface area contributed by atoms with Gasteiger partial charge in [0.15, 0.2) is 0 Å². The van der Waals surface area contributed by atoms with Crippen molar-refractivity contribution >= 4 is 75.7 Å². The zero-order valence-corrected chi connectivity index (χ0v) is 34.9. The maximum Gasteiger partial charge on any atom is 0.268 e. The zero-order valence-electron chi connectivity index (χ0n) is 33.3. The number of aromatic nitrogens is 6. The van der Waals surface area contributed by atoms with E-state index in [0.717, 1.165) is 13.5 Å². The fourth-order valence-electron chi connectivity index (χ4n) is 7.66. The van der Waals surface area contributed by atoms with Crippen molar-refractivity contribution in [1.82, 2.24) is 27.0 Å². The van der Waals surface area contributed by atoms with Gasteiger partial charge in [0.25, 0.3) is 20.0 Å². The van der Waals surface area contributed by atoms with Crippen molar-refractivity contribution in [2.24, 2.45) is 11.5 Å². The molecule has 0 radical (unpaired) electrons. The Bertz CT molecular complexity index is 3700. The molecule has 0 bridgehead atoms. The van der Waals surface area contributed by atoms with Crippen LogP contribution in [-0.2, 0) is 42.7 Å². The molecular formula is C46H34F2N8O6S2. The van der Waals surface area contributed by atoms with Crippen molar-refractivity contribution in [3.8, 4) is 22.3 Å². The summed E-state index contributed by atoms with van der Waals surface area (Å²) in [5.74, 6) is -2.06. The Morgan fingerprint density at radius 2 is 0.953 bits per heavy atom. The van der Waals surface area contributed by atoms with E-state index in [9.17, 15) is 35.2 Å². The number of hydrogen-bond donors (Lipinski definition) is 2. The van der Waals surface area contributed by atoms with Gasteiger partial charge in [0.1, 0.15) is 24.7 Å². The molecule has 0 saturated carbocycles. The predicted octanol–water partition coefficient (Wildman–Crippen LogP) is 7.04. The van der Waals surface area contributed by atoms with Gasteiger partial charge in [-0.3, -0.25) is 9.59 Å². The second-order valence-electron chi connectivity index (χ2n) is 14.7. The van der Waals surface area contributed by atoms with Crippen LogP contribution in [0, 0.1) is 11.6 Å². The monoisotopic (exact) mass is 896 g/mol. The minimum atomic E-state index is -3.95. The van der Waals surface area contributed by atoms with Gasteiger partial charge in [0.2, 0.25) is 11.8 Å². The van der Waals surface area contributed by atoms with Crippen LogP contribution in [0.5, 0.6) is 0 Å². The lowest BCUT2D eigenvalue weighted by molar-refractivity contribution is -0.119. The molecule has 6 aromatic carbocycles. The topological polar surface area (TPSA) is 200 Å². The van der Waals surface area contributed by atoms with Gasteiger partial charge < -0.3 is 20.6 Å². The van der Waals surface area contributed by atoms with Gasteiger partial charge in [-0.05, 0) is 96.1 Å². The number of fused-ring (bicyclic) bond motifs is 4. The van der Waals surface area contributed by atoms with Crippen molar-refractivity contribution in [2.75, 3.05) is 0 Å². The number of nitrogens with zero attached hydrogens (tertiary/aromatic N) is 6. The summed E-state index contributed by atoms with van der Waals surface area (Å²) in [6, 6.07) is 34.9. The number of imidazole rings is 2. The molecule has 2 amide bonds. The van der Waals surface area contributed by atoms with Crippen LogP contribution in [0.1, 0.15) is 0 Å². The molecular weight excluding hydrogens is 863 g/mol. The molecule has 14 nitrogen and oxygen atoms in total. The van der Waals surface area contributed by atoms with E-state index in [1.54, 1.807) is 81.9 Å². The minimum absolute atomic E-state index is 0.00372. The first-order valence-corrected chi connectivity index (χ1v) is 22.3. The maximum absolute atomic E-state index is 14.1. The normalized spacial score (nSPS) is 11.9. The van der Waals surface area contributed by atoms with Crippen LogP contribution in [0.2, 0.25) is 0 Å². The summed E-state index contributed by atoms with van der Waals surface area (Å²) in [5.41, 5.74) is 16.4. The summed E-state index contributed by atoms with van der Waals surface area (Å²) < 4.78 is 86.9. The van der Waals surface area contributed by atoms with Crippen molar-refractivity contribution in [3.63, 3.8) is 0 Å². The van der Waals surface area contributed by atoms with Gasteiger partial charge in [-0.25, -0.2) is 43.5 Å². The first kappa shape index (κ1) is 41.4. The highest BCUT2D eigenvalue weighted by atomic mass is 32.2. The Balaban J connectivity index is 0.000000162. The van der Waals surface area contributed by atoms with Crippen molar-refractivity contribution < 1.29 is 35.2 Å². The number of benzene rings is 6. The number of primary amides is 2. The van der Waals surface area contributed by atoms with E-state index in [0.29, 0.717) is 49.6 Å². The van der Waals surface area contributed by atoms with Crippen LogP contribution in [-0.4, -0.2) is 55.7 Å². The molecule has 0 saturated heterocycles. The lowest BCUT2D eigenvalue weighted by Crippen LogP contribution is -2.17. The Labute approximate surface area is 363 Å². The molecule has 0 aliphatic rings. The van der Waals surface area contributed by atoms with E-state index in [4.69, 9.17) is 11.5 Å². The molecule has 0 fully saturated rings. The van der Waals surface area contributed by atoms with E-state index >= 15 is 0 Å². The third kappa shape index (κ3) is 7.54. The summed E-state index contributed by atoms with van der Waals surface area (Å²) in [4.78, 5) is 31.5. The number of rotatable bonds is 10. The predicted molar refractivity (Wildman–Crippen MR) is 238 cm³/mol. The first-order valence-electron chi connectivity index (χ1n) is 19.4. The van der Waals surface area contributed by atoms with Gasteiger partial charge in [-0.2, -0.15) is 0 Å². The van der Waals surface area contributed by atoms with Crippen LogP contribution in [0.15, 0.2) is 168 Å². The molecule has 0 aliphatic heterocycles. The Morgan fingerprint density at radius 1 is 0.500 bits per heavy atom. The SMILES string of the molecule is NC(=O)Cn1cnc2cc(-c3cn(S(=O)(=O)c4ccccc4)c4cc(F)ccc34)ccc21.NC(=O)Cn1cnc2ccc(-c3cn(S(=O)(=O)c4ccccc4)c4cc(F)ccc34)cc21. The van der Waals surface area contributed by atoms with Crippen molar-refractivity contribution in [1.29, 1.82) is 0 Å². The third-order valence-corrected chi connectivity index (χ3v) is 14.0. The highest BCUT2D eigenvalue weighted by Gasteiger charge is 2.24. The van der Waals surface area contributed by atoms with Crippen LogP contribution < -0.4 is 11.5 Å². The fraction of sp³-hybridized carbons (Fsp3) is 0.0435. The third-order valence-electron chi connectivity index (χ3n) is 10.6. The summed E-state index contributed by atoms with van der Waals surface area (Å²) in [6.45, 7) is -0.0287. The van der Waals surface area contributed by atoms with Crippen molar-refractivity contribution in [3.05, 3.63) is 170 Å². The van der Waals surface area contributed by atoms with Gasteiger partial charge in [-0.15, -0.1) is 0 Å². The Morgan fingerprint density at radius 3 is 1.45 bits per heavy atom. The van der Waals surface area contributed by atoms with Crippen LogP contribution in [0.4, 0.5) is 8.78 Å². The lowest BCUT2D eigenvalue weighted by Gasteiger charge is -2.07. The molecule has 4 heterocycles. The second-order valence-corrected chi connectivity index (χ2v) is 18.4. The summed E-state index contributed by atoms with van der Waals surface area (Å²) >= 11 is 0. The number of nitrogens with two attached hydrogens (primary N) is 2. The van der Waals surface area contributed by atoms with Gasteiger partial charge >= 0.3 is 0 Å². The molecule has 4 N–H and O–H groups in total. The van der Waals surface area contributed by atoms with Gasteiger partial charge in [-0.1, -0.05) is 48.5 Å². The fourth-order valence-corrected chi connectivity index (χ4v) is 10.4. The number of amides is 2. The minimum Gasteiger partial charge on any atom is -0.368 e. The zero-order chi connectivity index (χ0) is 44.9. The molecule has 4 aromatic heterocycles. The first-order chi connectivity index (χ1) is 30.7. The largest absolute Gasteiger partial charge is 0.368 e. The van der Waals surface area contributed by atoms with Crippen LogP contribution >= 0.6 is 0 Å². The number of halogens is 2. The lowest BCUT2D eigenvalue weighted by atomic mass is 10.0. The smallest absolute Gasteiger partial charge is 0.268 e. The van der Waals surface area contributed by atoms with E-state index in [1.165, 1.54) is 73.6 Å². The average molecular weight is 897 g/mol. The number of carbonyl (C=O) groups is 2.